The lowest BCUT2D eigenvalue weighted by atomic mass is 9.85. The van der Waals surface area contributed by atoms with Crippen LogP contribution in [0.25, 0.3) is 0 Å². The lowest BCUT2D eigenvalue weighted by Gasteiger charge is -2.27. The van der Waals surface area contributed by atoms with Crippen LogP contribution >= 0.6 is 0 Å². The lowest BCUT2D eigenvalue weighted by Crippen LogP contribution is -2.35. The van der Waals surface area contributed by atoms with Gasteiger partial charge in [0.15, 0.2) is 0 Å². The molecule has 0 saturated carbocycles. The normalized spacial score (nSPS) is 28.7. The van der Waals surface area contributed by atoms with E-state index in [1.54, 1.807) is 12.1 Å². The average Bonchev–Trinajstić information content (AvgIpc) is 3.19. The third-order valence-electron chi connectivity index (χ3n) is 3.53. The smallest absolute Gasteiger partial charge is 0.118 e. The van der Waals surface area contributed by atoms with Gasteiger partial charge in [0.1, 0.15) is 5.75 Å². The predicted octanol–water partition coefficient (Wildman–Crippen LogP) is 1.24. The Morgan fingerprint density at radius 3 is 2.17 bits per heavy atom. The Kier molecular flexibility index (Phi) is 3.01. The van der Waals surface area contributed by atoms with Crippen molar-refractivity contribution in [3.05, 3.63) is 29.8 Å². The molecule has 2 atom stereocenters. The summed E-state index contributed by atoms with van der Waals surface area (Å²) in [5.74, 6) is 0.240. The van der Waals surface area contributed by atoms with E-state index in [1.165, 1.54) is 0 Å². The van der Waals surface area contributed by atoms with Gasteiger partial charge in [0, 0.05) is 19.3 Å². The largest absolute Gasteiger partial charge is 0.508 e. The fourth-order valence-corrected chi connectivity index (χ4v) is 2.46. The standard InChI is InChI=1S/C14H18O4/c15-13-4-2-1-3-10(13)5-14(16,6-11-8-17-11)7-12-9-18-12/h1-4,11-12,15-16H,5-9H2. The molecule has 4 nitrogen and oxygen atoms in total. The maximum absolute atomic E-state index is 10.7. The molecule has 2 N–H and O–H groups in total. The van der Waals surface area contributed by atoms with Crippen molar-refractivity contribution in [3.8, 4) is 5.75 Å². The van der Waals surface area contributed by atoms with Crippen LogP contribution in [0.4, 0.5) is 0 Å². The maximum Gasteiger partial charge on any atom is 0.118 e. The zero-order valence-electron chi connectivity index (χ0n) is 10.2. The molecule has 18 heavy (non-hydrogen) atoms. The fraction of sp³-hybridized carbons (Fsp3) is 0.571. The number of aromatic hydroxyl groups is 1. The molecular formula is C14H18O4. The number of ether oxygens (including phenoxy) is 2. The molecule has 0 amide bonds. The van der Waals surface area contributed by atoms with Crippen LogP contribution in [-0.4, -0.2) is 41.2 Å². The van der Waals surface area contributed by atoms with Crippen LogP contribution in [0.3, 0.4) is 0 Å². The fourth-order valence-electron chi connectivity index (χ4n) is 2.46. The quantitative estimate of drug-likeness (QED) is 0.746. The van der Waals surface area contributed by atoms with Crippen molar-refractivity contribution in [1.82, 2.24) is 0 Å². The highest BCUT2D eigenvalue weighted by molar-refractivity contribution is 5.33. The van der Waals surface area contributed by atoms with Crippen molar-refractivity contribution >= 4 is 0 Å². The van der Waals surface area contributed by atoms with E-state index < -0.39 is 5.60 Å². The van der Waals surface area contributed by atoms with Gasteiger partial charge in [-0.2, -0.15) is 0 Å². The molecule has 2 unspecified atom stereocenters. The average molecular weight is 250 g/mol. The van der Waals surface area contributed by atoms with Gasteiger partial charge in [-0.3, -0.25) is 0 Å². The van der Waals surface area contributed by atoms with Crippen molar-refractivity contribution in [1.29, 1.82) is 0 Å². The Labute approximate surface area is 106 Å². The summed E-state index contributed by atoms with van der Waals surface area (Å²) in [6.07, 6.45) is 2.00. The van der Waals surface area contributed by atoms with Crippen LogP contribution in [-0.2, 0) is 15.9 Å². The molecule has 2 aliphatic rings. The summed E-state index contributed by atoms with van der Waals surface area (Å²) in [5, 5.41) is 20.5. The molecule has 98 valence electrons. The van der Waals surface area contributed by atoms with Crippen molar-refractivity contribution in [2.45, 2.75) is 37.1 Å². The Morgan fingerprint density at radius 1 is 1.11 bits per heavy atom. The molecule has 3 rings (SSSR count). The van der Waals surface area contributed by atoms with E-state index >= 15 is 0 Å². The number of para-hydroxylation sites is 1. The third kappa shape index (κ3) is 3.02. The Bertz CT molecular complexity index is 410. The van der Waals surface area contributed by atoms with Gasteiger partial charge in [0.05, 0.1) is 31.0 Å². The highest BCUT2D eigenvalue weighted by Gasteiger charge is 2.41. The van der Waals surface area contributed by atoms with Crippen molar-refractivity contribution in [3.63, 3.8) is 0 Å². The van der Waals surface area contributed by atoms with Crippen LogP contribution in [0, 0.1) is 0 Å². The maximum atomic E-state index is 10.7. The van der Waals surface area contributed by atoms with E-state index in [1.807, 2.05) is 12.1 Å². The predicted molar refractivity (Wildman–Crippen MR) is 65.5 cm³/mol. The molecule has 2 aliphatic heterocycles. The van der Waals surface area contributed by atoms with Gasteiger partial charge < -0.3 is 19.7 Å². The minimum absolute atomic E-state index is 0.166. The number of benzene rings is 1. The van der Waals surface area contributed by atoms with E-state index in [0.717, 1.165) is 18.8 Å². The van der Waals surface area contributed by atoms with Crippen LogP contribution in [0.1, 0.15) is 18.4 Å². The summed E-state index contributed by atoms with van der Waals surface area (Å²) in [6.45, 7) is 1.46. The zero-order chi connectivity index (χ0) is 12.6. The number of phenolic OH excluding ortho intramolecular Hbond substituents is 1. The van der Waals surface area contributed by atoms with Crippen molar-refractivity contribution in [2.24, 2.45) is 0 Å². The van der Waals surface area contributed by atoms with Gasteiger partial charge >= 0.3 is 0 Å². The monoisotopic (exact) mass is 250 g/mol. The first-order valence-electron chi connectivity index (χ1n) is 6.37. The summed E-state index contributed by atoms with van der Waals surface area (Å²) < 4.78 is 10.4. The molecule has 1 aromatic rings. The summed E-state index contributed by atoms with van der Waals surface area (Å²) in [4.78, 5) is 0. The number of phenols is 1. The SMILES string of the molecule is Oc1ccccc1CC(O)(CC1CO1)CC1CO1. The van der Waals surface area contributed by atoms with Gasteiger partial charge in [-0.05, 0) is 11.6 Å². The third-order valence-corrected chi connectivity index (χ3v) is 3.53. The van der Waals surface area contributed by atoms with Crippen molar-refractivity contribution in [2.75, 3.05) is 13.2 Å². The highest BCUT2D eigenvalue weighted by atomic mass is 16.6. The van der Waals surface area contributed by atoms with Gasteiger partial charge in [-0.1, -0.05) is 18.2 Å². The summed E-state index contributed by atoms with van der Waals surface area (Å²) in [6, 6.07) is 7.15. The number of rotatable bonds is 6. The lowest BCUT2D eigenvalue weighted by molar-refractivity contribution is 0.00919. The molecule has 2 saturated heterocycles. The minimum Gasteiger partial charge on any atom is -0.508 e. The molecule has 0 spiro atoms. The molecule has 0 radical (unpaired) electrons. The van der Waals surface area contributed by atoms with Gasteiger partial charge in [0.2, 0.25) is 0 Å². The Hall–Kier alpha value is -1.10. The molecule has 1 aromatic carbocycles. The second kappa shape index (κ2) is 4.53. The first kappa shape index (κ1) is 12.0. The minimum atomic E-state index is -0.846. The Balaban J connectivity index is 1.72. The Morgan fingerprint density at radius 2 is 1.67 bits per heavy atom. The molecule has 2 fully saturated rings. The van der Waals surface area contributed by atoms with E-state index in [2.05, 4.69) is 0 Å². The zero-order valence-corrected chi connectivity index (χ0v) is 10.2. The van der Waals surface area contributed by atoms with E-state index in [-0.39, 0.29) is 18.0 Å². The highest BCUT2D eigenvalue weighted by Crippen LogP contribution is 2.34. The molecule has 4 heteroatoms. The van der Waals surface area contributed by atoms with Gasteiger partial charge in [-0.15, -0.1) is 0 Å². The molecular weight excluding hydrogens is 232 g/mol. The molecule has 0 aliphatic carbocycles. The number of hydrogen-bond donors (Lipinski definition) is 2. The molecule has 0 aromatic heterocycles. The van der Waals surface area contributed by atoms with E-state index in [4.69, 9.17) is 9.47 Å². The number of epoxide rings is 2. The summed E-state index contributed by atoms with van der Waals surface area (Å²) in [5.41, 5.74) is -0.0671. The molecule has 2 heterocycles. The molecule has 0 bridgehead atoms. The second-order valence-corrected chi connectivity index (χ2v) is 5.35. The van der Waals surface area contributed by atoms with Crippen LogP contribution in [0.5, 0.6) is 5.75 Å². The van der Waals surface area contributed by atoms with Gasteiger partial charge in [0.25, 0.3) is 0 Å². The second-order valence-electron chi connectivity index (χ2n) is 5.35. The summed E-state index contributed by atoms with van der Waals surface area (Å²) >= 11 is 0. The first-order valence-corrected chi connectivity index (χ1v) is 6.37. The number of aliphatic hydroxyl groups is 1. The topological polar surface area (TPSA) is 65.5 Å². The summed E-state index contributed by atoms with van der Waals surface area (Å²) in [7, 11) is 0. The van der Waals surface area contributed by atoms with Crippen molar-refractivity contribution < 1.29 is 19.7 Å². The van der Waals surface area contributed by atoms with Crippen LogP contribution in [0.2, 0.25) is 0 Å². The van der Waals surface area contributed by atoms with E-state index in [0.29, 0.717) is 19.3 Å². The van der Waals surface area contributed by atoms with Crippen LogP contribution in [0.15, 0.2) is 24.3 Å². The first-order chi connectivity index (χ1) is 8.65. The van der Waals surface area contributed by atoms with E-state index in [9.17, 15) is 10.2 Å². The number of hydrogen-bond acceptors (Lipinski definition) is 4. The van der Waals surface area contributed by atoms with Gasteiger partial charge in [-0.25, -0.2) is 0 Å². The van der Waals surface area contributed by atoms with Crippen LogP contribution < -0.4 is 0 Å².